The van der Waals surface area contributed by atoms with Crippen molar-refractivity contribution in [3.05, 3.63) is 18.7 Å². The zero-order chi connectivity index (χ0) is 12.0. The van der Waals surface area contributed by atoms with E-state index in [4.69, 9.17) is 5.11 Å². The van der Waals surface area contributed by atoms with Gasteiger partial charge in [0.25, 0.3) is 0 Å². The third kappa shape index (κ3) is 4.44. The van der Waals surface area contributed by atoms with Gasteiger partial charge in [-0.2, -0.15) is 0 Å². The lowest BCUT2D eigenvalue weighted by molar-refractivity contribution is -0.137. The van der Waals surface area contributed by atoms with Crippen LogP contribution >= 0.6 is 0 Å². The van der Waals surface area contributed by atoms with Crippen LogP contribution in [0.3, 0.4) is 0 Å². The Bertz CT molecular complexity index is 309. The van der Waals surface area contributed by atoms with Gasteiger partial charge in [0.05, 0.1) is 12.7 Å². The van der Waals surface area contributed by atoms with Crippen LogP contribution in [0.25, 0.3) is 0 Å². The second kappa shape index (κ2) is 6.27. The van der Waals surface area contributed by atoms with Gasteiger partial charge >= 0.3 is 5.97 Å². The van der Waals surface area contributed by atoms with E-state index in [1.54, 1.807) is 12.5 Å². The molecule has 0 atom stereocenters. The van der Waals surface area contributed by atoms with Crippen LogP contribution in [0.15, 0.2) is 18.7 Å². The summed E-state index contributed by atoms with van der Waals surface area (Å²) in [5.41, 5.74) is 0. The smallest absolute Gasteiger partial charge is 0.304 e. The molecule has 1 aromatic rings. The second-order valence-corrected chi connectivity index (χ2v) is 4.07. The first kappa shape index (κ1) is 12.7. The van der Waals surface area contributed by atoms with Crippen LogP contribution in [0.1, 0.15) is 20.3 Å². The maximum absolute atomic E-state index is 10.5. The Kier molecular flexibility index (Phi) is 4.98. The van der Waals surface area contributed by atoms with Crippen LogP contribution in [0.5, 0.6) is 0 Å². The van der Waals surface area contributed by atoms with Crippen molar-refractivity contribution >= 4 is 5.97 Å². The largest absolute Gasteiger partial charge is 0.481 e. The summed E-state index contributed by atoms with van der Waals surface area (Å²) in [6.07, 6.45) is 5.63. The first-order chi connectivity index (χ1) is 7.59. The highest BCUT2D eigenvalue weighted by Crippen LogP contribution is 2.01. The van der Waals surface area contributed by atoms with Crippen LogP contribution in [-0.2, 0) is 11.3 Å². The summed E-state index contributed by atoms with van der Waals surface area (Å²) >= 11 is 0. The van der Waals surface area contributed by atoms with Crippen molar-refractivity contribution in [2.24, 2.45) is 0 Å². The summed E-state index contributed by atoms with van der Waals surface area (Å²) in [4.78, 5) is 16.6. The Morgan fingerprint density at radius 2 is 2.25 bits per heavy atom. The van der Waals surface area contributed by atoms with Gasteiger partial charge in [-0.05, 0) is 13.8 Å². The van der Waals surface area contributed by atoms with E-state index in [0.717, 1.165) is 13.1 Å². The number of aliphatic carboxylic acids is 1. The molecule has 0 aliphatic carbocycles. The molecule has 0 aliphatic rings. The molecular formula is C11H19N3O2. The van der Waals surface area contributed by atoms with Crippen LogP contribution in [0, 0.1) is 0 Å². The molecule has 5 nitrogen and oxygen atoms in total. The van der Waals surface area contributed by atoms with E-state index in [9.17, 15) is 4.79 Å². The topological polar surface area (TPSA) is 58.4 Å². The molecule has 0 fully saturated rings. The van der Waals surface area contributed by atoms with Gasteiger partial charge < -0.3 is 9.67 Å². The summed E-state index contributed by atoms with van der Waals surface area (Å²) in [7, 11) is 0. The zero-order valence-electron chi connectivity index (χ0n) is 9.83. The lowest BCUT2D eigenvalue weighted by Gasteiger charge is -2.25. The summed E-state index contributed by atoms with van der Waals surface area (Å²) < 4.78 is 2.00. The molecule has 0 amide bonds. The Balaban J connectivity index is 2.36. The maximum atomic E-state index is 10.5. The van der Waals surface area contributed by atoms with Crippen molar-refractivity contribution in [3.63, 3.8) is 0 Å². The van der Waals surface area contributed by atoms with E-state index in [1.165, 1.54) is 0 Å². The molecule has 0 radical (unpaired) electrons. The van der Waals surface area contributed by atoms with E-state index >= 15 is 0 Å². The first-order valence-corrected chi connectivity index (χ1v) is 5.51. The molecular weight excluding hydrogens is 206 g/mol. The summed E-state index contributed by atoms with van der Waals surface area (Å²) in [6, 6.07) is 0.364. The number of hydrogen-bond acceptors (Lipinski definition) is 3. The SMILES string of the molecule is CC(C)N(CCC(=O)O)CCn1ccnc1. The maximum Gasteiger partial charge on any atom is 0.304 e. The van der Waals surface area contributed by atoms with Gasteiger partial charge in [-0.25, -0.2) is 4.98 Å². The molecule has 0 saturated carbocycles. The monoisotopic (exact) mass is 225 g/mol. The predicted molar refractivity (Wildman–Crippen MR) is 61.2 cm³/mol. The zero-order valence-corrected chi connectivity index (χ0v) is 9.83. The van der Waals surface area contributed by atoms with Crippen LogP contribution in [-0.4, -0.2) is 44.7 Å². The van der Waals surface area contributed by atoms with Crippen molar-refractivity contribution in [1.82, 2.24) is 14.5 Å². The lowest BCUT2D eigenvalue weighted by atomic mass is 10.3. The number of rotatable bonds is 7. The molecule has 90 valence electrons. The van der Waals surface area contributed by atoms with Gasteiger partial charge in [0.1, 0.15) is 0 Å². The van der Waals surface area contributed by atoms with Crippen molar-refractivity contribution in [2.75, 3.05) is 13.1 Å². The third-order valence-corrected chi connectivity index (χ3v) is 2.55. The molecule has 1 heterocycles. The van der Waals surface area contributed by atoms with Crippen LogP contribution in [0.2, 0.25) is 0 Å². The summed E-state index contributed by atoms with van der Waals surface area (Å²) in [6.45, 7) is 6.45. The normalized spacial score (nSPS) is 11.2. The molecule has 1 N–H and O–H groups in total. The number of hydrogen-bond donors (Lipinski definition) is 1. The second-order valence-electron chi connectivity index (χ2n) is 4.07. The number of nitrogens with zero attached hydrogens (tertiary/aromatic N) is 3. The number of carboxylic acids is 1. The van der Waals surface area contributed by atoms with E-state index in [2.05, 4.69) is 23.7 Å². The van der Waals surface area contributed by atoms with Gasteiger partial charge in [-0.15, -0.1) is 0 Å². The fourth-order valence-electron chi connectivity index (χ4n) is 1.53. The van der Waals surface area contributed by atoms with E-state index in [0.29, 0.717) is 12.6 Å². The number of carboxylic acid groups (broad SMARTS) is 1. The number of aromatic nitrogens is 2. The van der Waals surface area contributed by atoms with Gasteiger partial charge in [-0.3, -0.25) is 9.69 Å². The standard InChI is InChI=1S/C11H19N3O2/c1-10(2)14(5-3-11(15)16)8-7-13-6-4-12-9-13/h4,6,9-10H,3,5,7-8H2,1-2H3,(H,15,16). The first-order valence-electron chi connectivity index (χ1n) is 5.51. The minimum atomic E-state index is -0.742. The van der Waals surface area contributed by atoms with E-state index in [-0.39, 0.29) is 6.42 Å². The Labute approximate surface area is 95.7 Å². The Hall–Kier alpha value is -1.36. The fraction of sp³-hybridized carbons (Fsp3) is 0.636. The molecule has 16 heavy (non-hydrogen) atoms. The van der Waals surface area contributed by atoms with Crippen molar-refractivity contribution in [1.29, 1.82) is 0 Å². The molecule has 5 heteroatoms. The lowest BCUT2D eigenvalue weighted by Crippen LogP contribution is -2.35. The molecule has 0 aromatic carbocycles. The highest BCUT2D eigenvalue weighted by molar-refractivity contribution is 5.66. The van der Waals surface area contributed by atoms with Crippen molar-refractivity contribution in [2.45, 2.75) is 32.9 Å². The fourth-order valence-corrected chi connectivity index (χ4v) is 1.53. The minimum Gasteiger partial charge on any atom is -0.481 e. The van der Waals surface area contributed by atoms with Gasteiger partial charge in [-0.1, -0.05) is 0 Å². The number of imidazole rings is 1. The third-order valence-electron chi connectivity index (χ3n) is 2.55. The average molecular weight is 225 g/mol. The van der Waals surface area contributed by atoms with E-state index < -0.39 is 5.97 Å². The van der Waals surface area contributed by atoms with Crippen LogP contribution in [0.4, 0.5) is 0 Å². The van der Waals surface area contributed by atoms with Crippen molar-refractivity contribution < 1.29 is 9.90 Å². The predicted octanol–water partition coefficient (Wildman–Crippen LogP) is 1.07. The molecule has 1 rings (SSSR count). The van der Waals surface area contributed by atoms with Gasteiger partial charge in [0, 0.05) is 38.1 Å². The quantitative estimate of drug-likeness (QED) is 0.754. The van der Waals surface area contributed by atoms with Gasteiger partial charge in [0.15, 0.2) is 0 Å². The molecule has 0 bridgehead atoms. The van der Waals surface area contributed by atoms with Gasteiger partial charge in [0.2, 0.25) is 0 Å². The Morgan fingerprint density at radius 1 is 1.50 bits per heavy atom. The highest BCUT2D eigenvalue weighted by Gasteiger charge is 2.10. The highest BCUT2D eigenvalue weighted by atomic mass is 16.4. The number of carbonyl (C=O) groups is 1. The Morgan fingerprint density at radius 3 is 2.75 bits per heavy atom. The van der Waals surface area contributed by atoms with Crippen molar-refractivity contribution in [3.8, 4) is 0 Å². The van der Waals surface area contributed by atoms with Crippen LogP contribution < -0.4 is 0 Å². The summed E-state index contributed by atoms with van der Waals surface area (Å²) in [5, 5.41) is 8.65. The average Bonchev–Trinajstić information content (AvgIpc) is 2.69. The molecule has 1 aromatic heterocycles. The molecule has 0 spiro atoms. The van der Waals surface area contributed by atoms with E-state index in [1.807, 2.05) is 10.8 Å². The minimum absolute atomic E-state index is 0.197. The molecule has 0 unspecified atom stereocenters. The molecule has 0 aliphatic heterocycles. The summed E-state index contributed by atoms with van der Waals surface area (Å²) in [5.74, 6) is -0.742. The molecule has 0 saturated heterocycles.